The van der Waals surface area contributed by atoms with Crippen molar-refractivity contribution < 1.29 is 9.53 Å². The zero-order valence-electron chi connectivity index (χ0n) is 11.2. The highest BCUT2D eigenvalue weighted by molar-refractivity contribution is 5.78. The van der Waals surface area contributed by atoms with Gasteiger partial charge >= 0.3 is 5.97 Å². The molecule has 2 atom stereocenters. The van der Waals surface area contributed by atoms with Crippen LogP contribution in [0.2, 0.25) is 0 Å². The van der Waals surface area contributed by atoms with E-state index in [0.717, 1.165) is 6.42 Å². The summed E-state index contributed by atoms with van der Waals surface area (Å²) in [5, 5.41) is 0. The maximum Gasteiger partial charge on any atom is 0.309 e. The quantitative estimate of drug-likeness (QED) is 0.600. The first-order chi connectivity index (χ1) is 8.57. The largest absolute Gasteiger partial charge is 0.469 e. The van der Waals surface area contributed by atoms with Crippen LogP contribution < -0.4 is 0 Å². The Balaban J connectivity index is 1.93. The van der Waals surface area contributed by atoms with Gasteiger partial charge in [-0.05, 0) is 23.3 Å². The molecule has 96 valence electrons. The molecule has 2 unspecified atom stereocenters. The lowest BCUT2D eigenvalue weighted by Crippen LogP contribution is -2.07. The molecule has 0 aliphatic heterocycles. The Morgan fingerprint density at radius 3 is 2.61 bits per heavy atom. The minimum absolute atomic E-state index is 0.0227. The molecule has 0 heterocycles. The molecule has 1 saturated carbocycles. The highest BCUT2D eigenvalue weighted by atomic mass is 16.5. The van der Waals surface area contributed by atoms with Crippen molar-refractivity contribution in [1.82, 2.24) is 0 Å². The van der Waals surface area contributed by atoms with E-state index in [1.54, 1.807) is 0 Å². The van der Waals surface area contributed by atoms with Crippen molar-refractivity contribution in [2.45, 2.75) is 20.3 Å². The van der Waals surface area contributed by atoms with E-state index in [0.29, 0.717) is 5.92 Å². The fourth-order valence-electron chi connectivity index (χ4n) is 2.58. The minimum atomic E-state index is -0.0886. The van der Waals surface area contributed by atoms with Crippen molar-refractivity contribution >= 4 is 5.97 Å². The van der Waals surface area contributed by atoms with Crippen LogP contribution in [0.4, 0.5) is 0 Å². The van der Waals surface area contributed by atoms with Gasteiger partial charge < -0.3 is 4.74 Å². The number of benzene rings is 1. The number of rotatable bonds is 4. The second-order valence-corrected chi connectivity index (χ2v) is 5.47. The Morgan fingerprint density at radius 2 is 2.00 bits per heavy atom. The van der Waals surface area contributed by atoms with Crippen molar-refractivity contribution in [1.29, 1.82) is 0 Å². The zero-order valence-corrected chi connectivity index (χ0v) is 11.2. The standard InChI is InChI=1S/C16H20O2/c1-16(2)13(14(16)15(17)18-3)11-7-10-12-8-5-4-6-9-12/h4-9,11,13-14H,10H2,1-3H3/b11-7+. The SMILES string of the molecule is COC(=O)C1C(/C=C/Cc2ccccc2)C1(C)C. The molecular weight excluding hydrogens is 224 g/mol. The third kappa shape index (κ3) is 2.47. The molecule has 2 nitrogen and oxygen atoms in total. The maximum absolute atomic E-state index is 11.6. The zero-order chi connectivity index (χ0) is 13.2. The third-order valence-corrected chi connectivity index (χ3v) is 3.91. The first kappa shape index (κ1) is 12.9. The van der Waals surface area contributed by atoms with E-state index in [2.05, 4.69) is 38.1 Å². The average Bonchev–Trinajstić information content (AvgIpc) is 2.92. The highest BCUT2D eigenvalue weighted by Gasteiger charge is 2.61. The van der Waals surface area contributed by atoms with Crippen LogP contribution >= 0.6 is 0 Å². The van der Waals surface area contributed by atoms with E-state index in [9.17, 15) is 4.79 Å². The number of carbonyl (C=O) groups is 1. The fourth-order valence-corrected chi connectivity index (χ4v) is 2.58. The fraction of sp³-hybridized carbons (Fsp3) is 0.438. The van der Waals surface area contributed by atoms with Gasteiger partial charge in [0.15, 0.2) is 0 Å². The molecule has 1 aliphatic carbocycles. The van der Waals surface area contributed by atoms with Crippen molar-refractivity contribution in [2.24, 2.45) is 17.3 Å². The van der Waals surface area contributed by atoms with Crippen molar-refractivity contribution in [2.75, 3.05) is 7.11 Å². The minimum Gasteiger partial charge on any atom is -0.469 e. The van der Waals surface area contributed by atoms with E-state index >= 15 is 0 Å². The summed E-state index contributed by atoms with van der Waals surface area (Å²) < 4.78 is 4.83. The van der Waals surface area contributed by atoms with E-state index in [4.69, 9.17) is 4.74 Å². The Bertz CT molecular complexity index is 445. The molecule has 0 bridgehead atoms. The number of ether oxygens (including phenoxy) is 1. The van der Waals surface area contributed by atoms with E-state index in [-0.39, 0.29) is 17.3 Å². The summed E-state index contributed by atoms with van der Waals surface area (Å²) in [5.41, 5.74) is 1.34. The molecule has 18 heavy (non-hydrogen) atoms. The molecule has 0 spiro atoms. The van der Waals surface area contributed by atoms with Gasteiger partial charge in [-0.25, -0.2) is 0 Å². The molecule has 2 heteroatoms. The maximum atomic E-state index is 11.6. The summed E-state index contributed by atoms with van der Waals surface area (Å²) in [4.78, 5) is 11.6. The third-order valence-electron chi connectivity index (χ3n) is 3.91. The van der Waals surface area contributed by atoms with Gasteiger partial charge in [0.05, 0.1) is 13.0 Å². The molecule has 0 aromatic heterocycles. The van der Waals surface area contributed by atoms with Gasteiger partial charge in [0.2, 0.25) is 0 Å². The number of methoxy groups -OCH3 is 1. The summed E-state index contributed by atoms with van der Waals surface area (Å²) in [6.07, 6.45) is 5.24. The normalized spacial score (nSPS) is 25.1. The molecule has 0 radical (unpaired) electrons. The molecule has 1 aliphatic rings. The van der Waals surface area contributed by atoms with Gasteiger partial charge in [0, 0.05) is 0 Å². The van der Waals surface area contributed by atoms with E-state index in [1.807, 2.05) is 18.2 Å². The molecule has 0 amide bonds. The van der Waals surface area contributed by atoms with Gasteiger partial charge in [-0.1, -0.05) is 56.3 Å². The molecular formula is C16H20O2. The van der Waals surface area contributed by atoms with Gasteiger partial charge in [-0.2, -0.15) is 0 Å². The number of allylic oxidation sites excluding steroid dienone is 2. The van der Waals surface area contributed by atoms with Gasteiger partial charge in [0.25, 0.3) is 0 Å². The smallest absolute Gasteiger partial charge is 0.309 e. The van der Waals surface area contributed by atoms with Crippen molar-refractivity contribution in [3.05, 3.63) is 48.0 Å². The van der Waals surface area contributed by atoms with Gasteiger partial charge in [-0.15, -0.1) is 0 Å². The summed E-state index contributed by atoms with van der Waals surface area (Å²) in [5.74, 6) is 0.248. The molecule has 1 fully saturated rings. The Hall–Kier alpha value is -1.57. The molecule has 2 rings (SSSR count). The van der Waals surface area contributed by atoms with Gasteiger partial charge in [0.1, 0.15) is 0 Å². The summed E-state index contributed by atoms with van der Waals surface area (Å²) >= 11 is 0. The first-order valence-electron chi connectivity index (χ1n) is 6.36. The monoisotopic (exact) mass is 244 g/mol. The van der Waals surface area contributed by atoms with Crippen LogP contribution in [-0.2, 0) is 16.0 Å². The van der Waals surface area contributed by atoms with Crippen LogP contribution in [0.15, 0.2) is 42.5 Å². The summed E-state index contributed by atoms with van der Waals surface area (Å²) in [6.45, 7) is 4.23. The molecule has 0 saturated heterocycles. The van der Waals surface area contributed by atoms with Crippen molar-refractivity contribution in [3.63, 3.8) is 0 Å². The first-order valence-corrected chi connectivity index (χ1v) is 6.36. The number of hydrogen-bond acceptors (Lipinski definition) is 2. The van der Waals surface area contributed by atoms with Crippen LogP contribution in [0.25, 0.3) is 0 Å². The van der Waals surface area contributed by atoms with Crippen LogP contribution in [0.5, 0.6) is 0 Å². The molecule has 1 aromatic carbocycles. The van der Waals surface area contributed by atoms with E-state index < -0.39 is 0 Å². The topological polar surface area (TPSA) is 26.3 Å². The number of esters is 1. The lowest BCUT2D eigenvalue weighted by Gasteiger charge is -1.99. The molecule has 1 aromatic rings. The summed E-state index contributed by atoms with van der Waals surface area (Å²) in [7, 11) is 1.46. The predicted molar refractivity (Wildman–Crippen MR) is 72.1 cm³/mol. The average molecular weight is 244 g/mol. The van der Waals surface area contributed by atoms with Gasteiger partial charge in [-0.3, -0.25) is 4.79 Å². The lowest BCUT2D eigenvalue weighted by atomic mass is 10.1. The molecule has 0 N–H and O–H groups in total. The number of hydrogen-bond donors (Lipinski definition) is 0. The van der Waals surface area contributed by atoms with Crippen LogP contribution in [0, 0.1) is 17.3 Å². The Kier molecular flexibility index (Phi) is 3.55. The number of carbonyl (C=O) groups excluding carboxylic acids is 1. The van der Waals surface area contributed by atoms with Crippen LogP contribution in [-0.4, -0.2) is 13.1 Å². The lowest BCUT2D eigenvalue weighted by molar-refractivity contribution is -0.143. The second-order valence-electron chi connectivity index (χ2n) is 5.47. The Morgan fingerprint density at radius 1 is 1.33 bits per heavy atom. The summed E-state index contributed by atoms with van der Waals surface area (Å²) in [6, 6.07) is 10.3. The highest BCUT2D eigenvalue weighted by Crippen LogP contribution is 2.59. The Labute approximate surface area is 109 Å². The van der Waals surface area contributed by atoms with Crippen LogP contribution in [0.3, 0.4) is 0 Å². The van der Waals surface area contributed by atoms with E-state index in [1.165, 1.54) is 12.7 Å². The van der Waals surface area contributed by atoms with Crippen molar-refractivity contribution in [3.8, 4) is 0 Å². The van der Waals surface area contributed by atoms with Crippen LogP contribution in [0.1, 0.15) is 19.4 Å². The second kappa shape index (κ2) is 4.97. The predicted octanol–water partition coefficient (Wildman–Crippen LogP) is 3.23.